The van der Waals surface area contributed by atoms with E-state index in [-0.39, 0.29) is 12.4 Å². The summed E-state index contributed by atoms with van der Waals surface area (Å²) < 4.78 is 178. The molecule has 0 heterocycles. The zero-order valence-electron chi connectivity index (χ0n) is 70.8. The molecule has 0 aliphatic rings. The van der Waals surface area contributed by atoms with Crippen molar-refractivity contribution in [1.29, 1.82) is 0 Å². The van der Waals surface area contributed by atoms with Gasteiger partial charge in [-0.15, -0.1) is 0 Å². The molecule has 115 heavy (non-hydrogen) atoms. The predicted octanol–water partition coefficient (Wildman–Crippen LogP) is 3.35. The number of nitrogens with one attached hydrogen (secondary N) is 1. The molecule has 0 aromatic rings. The molecule has 0 aromatic heterocycles. The molecule has 0 fully saturated rings. The van der Waals surface area contributed by atoms with Gasteiger partial charge in [-0.25, -0.2) is 4.79 Å². The summed E-state index contributed by atoms with van der Waals surface area (Å²) in [6, 6.07) is 0. The average Bonchev–Trinajstić information content (AvgIpc) is 0.956. The van der Waals surface area contributed by atoms with Crippen molar-refractivity contribution in [1.82, 2.24) is 10.2 Å². The highest BCUT2D eigenvalue weighted by molar-refractivity contribution is 5.69. The molecule has 39 nitrogen and oxygen atoms in total. The first kappa shape index (κ1) is 112. The van der Waals surface area contributed by atoms with Gasteiger partial charge < -0.3 is 157 Å². The van der Waals surface area contributed by atoms with Crippen LogP contribution in [-0.4, -0.2) is 457 Å². The first-order chi connectivity index (χ1) is 56.4. The Morgan fingerprint density at radius 1 is 0.243 bits per heavy atom. The first-order valence-corrected chi connectivity index (χ1v) is 40.7. The molecule has 0 unspecified atom stereocenters. The predicted molar refractivity (Wildman–Crippen MR) is 420 cm³/mol. The molecule has 0 bridgehead atoms. The van der Waals surface area contributed by atoms with E-state index < -0.39 is 17.3 Å². The summed E-state index contributed by atoms with van der Waals surface area (Å²) >= 11 is 0. The van der Waals surface area contributed by atoms with Crippen LogP contribution in [0.15, 0.2) is 5.11 Å². The summed E-state index contributed by atoms with van der Waals surface area (Å²) in [5, 5.41) is 6.03. The number of rotatable bonds is 99. The van der Waals surface area contributed by atoms with Gasteiger partial charge in [-0.1, -0.05) is 5.11 Å². The molecule has 684 valence electrons. The van der Waals surface area contributed by atoms with Crippen molar-refractivity contribution in [3.05, 3.63) is 10.4 Å². The highest BCUT2D eigenvalue weighted by Crippen LogP contribution is 2.09. The third-order valence-electron chi connectivity index (χ3n) is 13.9. The van der Waals surface area contributed by atoms with Crippen LogP contribution in [0.4, 0.5) is 4.79 Å². The molecule has 0 aliphatic heterocycles. The zero-order chi connectivity index (χ0) is 83.1. The molecule has 0 saturated heterocycles. The summed E-state index contributed by atoms with van der Waals surface area (Å²) in [5.41, 5.74) is 7.19. The molecule has 0 spiro atoms. The largest absolute Gasteiger partial charge is 0.460 e. The Hall–Kier alpha value is -3.19. The van der Waals surface area contributed by atoms with Crippen molar-refractivity contribution in [2.75, 3.05) is 429 Å². The number of alkyl carbamates (subject to hydrolysis) is 1. The summed E-state index contributed by atoms with van der Waals surface area (Å²) in [6.07, 6.45) is -0.251. The van der Waals surface area contributed by atoms with Gasteiger partial charge in [-0.2, -0.15) is 0 Å². The SMILES string of the molecule is CC(C)(C)OC(=O)CCOCCOCCOCCOCCOCCOCCOCCOCCOCCOCCN(CCOCCOCCOCCOCCOCCOCCOCCOCCOCCOCCN=[N+]=[N-])CCOCCOCCOCCOCCOCCOCCOCCOCCOCCOCCNC(=O)OC(C)(C)C. The van der Waals surface area contributed by atoms with E-state index in [1.807, 2.05) is 41.5 Å². The van der Waals surface area contributed by atoms with E-state index in [4.69, 9.17) is 157 Å². The minimum atomic E-state index is -0.533. The maximum atomic E-state index is 11.7. The molecule has 0 saturated carbocycles. The molecular weight excluding hydrogens is 1530 g/mol. The molecule has 0 radical (unpaired) electrons. The van der Waals surface area contributed by atoms with E-state index in [1.165, 1.54) is 0 Å². The maximum absolute atomic E-state index is 11.7. The van der Waals surface area contributed by atoms with Crippen molar-refractivity contribution >= 4 is 12.1 Å². The lowest BCUT2D eigenvalue weighted by Crippen LogP contribution is -2.34. The molecule has 1 amide bonds. The number of carbonyl (C=O) groups is 2. The monoisotopic (exact) mass is 1680 g/mol. The standard InChI is InChI=1S/C76H151N5O34/c1-75(2,3)114-73(82)7-13-84-19-25-90-31-37-96-43-49-102-55-61-108-67-70-111-64-58-105-52-46-99-40-34-93-28-22-87-16-10-81(12-18-89-24-30-95-36-42-101-48-54-107-60-66-113-72-69-110-63-57-104-51-45-98-39-33-92-27-21-86-15-9-79-80-77)11-17-88-23-29-94-35-41-100-47-53-106-59-65-112-71-68-109-62-56-103-50-44-97-38-32-91-26-20-85-14-8-78-74(83)115-76(4,5)6/h7-72H2,1-6H3,(H,78,83). The van der Waals surface area contributed by atoms with Gasteiger partial charge >= 0.3 is 12.1 Å². The molecule has 0 rings (SSSR count). The number of nitrogens with zero attached hydrogens (tertiary/aromatic N) is 4. The number of carbonyl (C=O) groups excluding carboxylic acids is 2. The highest BCUT2D eigenvalue weighted by atomic mass is 16.6. The van der Waals surface area contributed by atoms with Gasteiger partial charge in [-0.3, -0.25) is 9.69 Å². The van der Waals surface area contributed by atoms with Crippen LogP contribution in [-0.2, 0) is 156 Å². The molecule has 0 aliphatic carbocycles. The number of azide groups is 1. The van der Waals surface area contributed by atoms with Crippen LogP contribution in [0, 0.1) is 0 Å². The summed E-state index contributed by atoms with van der Waals surface area (Å²) in [5.74, 6) is -0.278. The van der Waals surface area contributed by atoms with Gasteiger partial charge in [0, 0.05) is 37.6 Å². The lowest BCUT2D eigenvalue weighted by atomic mass is 10.2. The summed E-state index contributed by atoms with van der Waals surface area (Å²) in [4.78, 5) is 28.2. The summed E-state index contributed by atoms with van der Waals surface area (Å²) in [7, 11) is 0. The number of esters is 1. The zero-order valence-corrected chi connectivity index (χ0v) is 70.8. The third-order valence-corrected chi connectivity index (χ3v) is 13.9. The second-order valence-electron chi connectivity index (χ2n) is 25.9. The van der Waals surface area contributed by atoms with Crippen molar-refractivity contribution in [2.45, 2.75) is 59.2 Å². The Balaban J connectivity index is 4.05. The van der Waals surface area contributed by atoms with Crippen LogP contribution in [0.25, 0.3) is 10.4 Å². The lowest BCUT2D eigenvalue weighted by Gasteiger charge is -2.22. The van der Waals surface area contributed by atoms with Gasteiger partial charge in [0.05, 0.1) is 403 Å². The van der Waals surface area contributed by atoms with Gasteiger partial charge in [0.25, 0.3) is 0 Å². The van der Waals surface area contributed by atoms with Crippen LogP contribution >= 0.6 is 0 Å². The first-order valence-electron chi connectivity index (χ1n) is 40.7. The van der Waals surface area contributed by atoms with Crippen molar-refractivity contribution < 1.29 is 161 Å². The van der Waals surface area contributed by atoms with E-state index in [0.717, 1.165) is 0 Å². The molecule has 0 aromatic carbocycles. The van der Waals surface area contributed by atoms with E-state index in [2.05, 4.69) is 20.2 Å². The number of hydrogen-bond acceptors (Lipinski definition) is 36. The fraction of sp³-hybridized carbons (Fsp3) is 0.974. The van der Waals surface area contributed by atoms with E-state index in [1.54, 1.807) is 0 Å². The second-order valence-corrected chi connectivity index (χ2v) is 25.9. The van der Waals surface area contributed by atoms with Gasteiger partial charge in [0.1, 0.15) is 11.2 Å². The van der Waals surface area contributed by atoms with Gasteiger partial charge in [0.15, 0.2) is 0 Å². The lowest BCUT2D eigenvalue weighted by molar-refractivity contribution is -0.156. The van der Waals surface area contributed by atoms with Crippen LogP contribution in [0.5, 0.6) is 0 Å². The fourth-order valence-corrected chi connectivity index (χ4v) is 8.40. The number of amides is 1. The molecule has 0 atom stereocenters. The topological polar surface area (TPSA) is 394 Å². The normalized spacial score (nSPS) is 11.9. The van der Waals surface area contributed by atoms with Crippen LogP contribution < -0.4 is 5.32 Å². The highest BCUT2D eigenvalue weighted by Gasteiger charge is 2.17. The fourth-order valence-electron chi connectivity index (χ4n) is 8.40. The third kappa shape index (κ3) is 103. The van der Waals surface area contributed by atoms with Gasteiger partial charge in [-0.05, 0) is 47.1 Å². The Bertz CT molecular complexity index is 1980. The Morgan fingerprint density at radius 2 is 0.409 bits per heavy atom. The Morgan fingerprint density at radius 3 is 0.591 bits per heavy atom. The maximum Gasteiger partial charge on any atom is 0.407 e. The number of ether oxygens (including phenoxy) is 32. The van der Waals surface area contributed by atoms with E-state index in [0.29, 0.717) is 429 Å². The van der Waals surface area contributed by atoms with Crippen molar-refractivity contribution in [3.8, 4) is 0 Å². The van der Waals surface area contributed by atoms with Crippen molar-refractivity contribution in [2.24, 2.45) is 5.11 Å². The van der Waals surface area contributed by atoms with Crippen LogP contribution in [0.2, 0.25) is 0 Å². The molecular formula is C76H151N5O34. The van der Waals surface area contributed by atoms with Crippen molar-refractivity contribution in [3.63, 3.8) is 0 Å². The quantitative estimate of drug-likeness (QED) is 0.0300. The molecule has 39 heteroatoms. The second kappa shape index (κ2) is 94.7. The van der Waals surface area contributed by atoms with E-state index >= 15 is 0 Å². The van der Waals surface area contributed by atoms with Crippen LogP contribution in [0.3, 0.4) is 0 Å². The smallest absolute Gasteiger partial charge is 0.407 e. The van der Waals surface area contributed by atoms with E-state index in [9.17, 15) is 9.59 Å². The minimum Gasteiger partial charge on any atom is -0.460 e. The minimum absolute atomic E-state index is 0.214. The summed E-state index contributed by atoms with van der Waals surface area (Å²) in [6.45, 7) is 40.8. The van der Waals surface area contributed by atoms with Crippen LogP contribution in [0.1, 0.15) is 48.0 Å². The Labute approximate surface area is 685 Å². The number of hydrogen-bond donors (Lipinski definition) is 1. The average molecular weight is 1680 g/mol. The molecule has 1 N–H and O–H groups in total. The Kier molecular flexibility index (Phi) is 92.0. The van der Waals surface area contributed by atoms with Gasteiger partial charge in [0.2, 0.25) is 0 Å².